The predicted octanol–water partition coefficient (Wildman–Crippen LogP) is 4.45. The lowest BCUT2D eigenvalue weighted by Gasteiger charge is -2.09. The maximum Gasteiger partial charge on any atom is 0.257 e. The lowest BCUT2D eigenvalue weighted by molar-refractivity contribution is 0.102. The summed E-state index contributed by atoms with van der Waals surface area (Å²) in [7, 11) is 1.87. The van der Waals surface area contributed by atoms with Crippen LogP contribution in [-0.2, 0) is 12.8 Å². The lowest BCUT2D eigenvalue weighted by atomic mass is 10.0. The summed E-state index contributed by atoms with van der Waals surface area (Å²) in [6, 6.07) is 7.85. The summed E-state index contributed by atoms with van der Waals surface area (Å²) in [6.07, 6.45) is 10.4. The fraction of sp³-hybridized carbons (Fsp3) is 0.360. The molecular weight excluding hydrogens is 446 g/mol. The van der Waals surface area contributed by atoms with Gasteiger partial charge in [0.15, 0.2) is 10.9 Å². The van der Waals surface area contributed by atoms with Crippen molar-refractivity contribution in [2.75, 3.05) is 24.2 Å². The minimum absolute atomic E-state index is 0.138. The molecule has 0 saturated carbocycles. The Bertz CT molecular complexity index is 1330. The molecule has 0 spiro atoms. The Hall–Kier alpha value is -3.30. The quantitative estimate of drug-likeness (QED) is 0.396. The number of carbonyl (C=O) groups is 1. The predicted molar refractivity (Wildman–Crippen MR) is 135 cm³/mol. The highest BCUT2D eigenvalue weighted by Crippen LogP contribution is 2.34. The van der Waals surface area contributed by atoms with Crippen LogP contribution in [0.5, 0.6) is 0 Å². The highest BCUT2D eigenvalue weighted by molar-refractivity contribution is 7.15. The van der Waals surface area contributed by atoms with E-state index in [4.69, 9.17) is 4.98 Å². The second kappa shape index (κ2) is 8.81. The van der Waals surface area contributed by atoms with Crippen LogP contribution in [0.4, 0.5) is 10.9 Å². The van der Waals surface area contributed by atoms with Crippen molar-refractivity contribution < 1.29 is 4.79 Å². The second-order valence-corrected chi connectivity index (χ2v) is 9.92. The Morgan fingerprint density at radius 1 is 1.15 bits per heavy atom. The van der Waals surface area contributed by atoms with E-state index in [2.05, 4.69) is 30.3 Å². The average molecular weight is 474 g/mol. The molecule has 0 bridgehead atoms. The minimum atomic E-state index is -0.138. The fourth-order valence-electron chi connectivity index (χ4n) is 4.95. The van der Waals surface area contributed by atoms with Gasteiger partial charge in [0.05, 0.1) is 11.7 Å². The number of aromatic nitrogens is 4. The molecule has 2 aliphatic rings. The number of anilines is 2. The number of fused-ring (bicyclic) bond motifs is 2. The average Bonchev–Trinajstić information content (AvgIpc) is 3.61. The van der Waals surface area contributed by atoms with Crippen LogP contribution in [0.1, 0.15) is 58.5 Å². The smallest absolute Gasteiger partial charge is 0.257 e. The highest BCUT2D eigenvalue weighted by atomic mass is 32.1. The zero-order valence-corrected chi connectivity index (χ0v) is 19.9. The molecule has 174 valence electrons. The van der Waals surface area contributed by atoms with Crippen molar-refractivity contribution in [2.24, 2.45) is 0 Å². The van der Waals surface area contributed by atoms with Crippen molar-refractivity contribution in [3.8, 4) is 11.3 Å². The first kappa shape index (κ1) is 21.2. The number of imidazole rings is 1. The minimum Gasteiger partial charge on any atom is -0.371 e. The van der Waals surface area contributed by atoms with Crippen molar-refractivity contribution in [1.29, 1.82) is 0 Å². The Labute approximate surface area is 201 Å². The third-order valence-corrected chi connectivity index (χ3v) is 7.75. The number of amides is 1. The van der Waals surface area contributed by atoms with Crippen molar-refractivity contribution in [3.05, 3.63) is 58.6 Å². The number of rotatable bonds is 5. The molecule has 3 N–H and O–H groups in total. The number of thiazole rings is 1. The van der Waals surface area contributed by atoms with Crippen molar-refractivity contribution in [3.63, 3.8) is 0 Å². The summed E-state index contributed by atoms with van der Waals surface area (Å²) in [4.78, 5) is 28.4. The van der Waals surface area contributed by atoms with Gasteiger partial charge in [-0.1, -0.05) is 12.1 Å². The van der Waals surface area contributed by atoms with E-state index < -0.39 is 0 Å². The SMILES string of the molecule is CNc1nccn2c(C3CCCN3)nc(-c3ccc(C(=O)Nc4nc5c(s4)CCCC5)cc3)c12. The lowest BCUT2D eigenvalue weighted by Crippen LogP contribution is -2.16. The van der Waals surface area contributed by atoms with E-state index in [9.17, 15) is 4.79 Å². The standard InChI is InChI=1S/C25H27N7OS/c1-26-22-21-20(30-23(18-6-4-12-27-18)32(21)14-13-28-22)15-8-10-16(11-9-15)24(33)31-25-29-17-5-2-3-7-19(17)34-25/h8-11,13-14,18,27H,2-7,12H2,1H3,(H,26,28)(H,29,31,33). The van der Waals surface area contributed by atoms with Crippen LogP contribution < -0.4 is 16.0 Å². The first-order valence-corrected chi connectivity index (χ1v) is 12.7. The maximum absolute atomic E-state index is 12.9. The summed E-state index contributed by atoms with van der Waals surface area (Å²) in [5.74, 6) is 1.64. The number of hydrogen-bond acceptors (Lipinski definition) is 7. The molecule has 0 radical (unpaired) electrons. The van der Waals surface area contributed by atoms with E-state index in [1.807, 2.05) is 37.5 Å². The summed E-state index contributed by atoms with van der Waals surface area (Å²) < 4.78 is 2.13. The van der Waals surface area contributed by atoms with Gasteiger partial charge in [0, 0.05) is 35.4 Å². The molecule has 1 unspecified atom stereocenters. The topological polar surface area (TPSA) is 96.2 Å². The first-order valence-electron chi connectivity index (χ1n) is 11.9. The monoisotopic (exact) mass is 473 g/mol. The molecule has 34 heavy (non-hydrogen) atoms. The van der Waals surface area contributed by atoms with Gasteiger partial charge in [-0.2, -0.15) is 0 Å². The van der Waals surface area contributed by atoms with Crippen molar-refractivity contribution in [2.45, 2.75) is 44.6 Å². The van der Waals surface area contributed by atoms with Crippen LogP contribution >= 0.6 is 11.3 Å². The molecule has 4 aromatic rings. The van der Waals surface area contributed by atoms with Gasteiger partial charge in [0.2, 0.25) is 0 Å². The van der Waals surface area contributed by atoms with Gasteiger partial charge in [-0.25, -0.2) is 15.0 Å². The van der Waals surface area contributed by atoms with E-state index in [0.29, 0.717) is 10.7 Å². The zero-order valence-electron chi connectivity index (χ0n) is 19.1. The molecule has 1 saturated heterocycles. The molecule has 3 aromatic heterocycles. The highest BCUT2D eigenvalue weighted by Gasteiger charge is 2.25. The molecule has 6 rings (SSSR count). The fourth-order valence-corrected chi connectivity index (χ4v) is 6.00. The van der Waals surface area contributed by atoms with Gasteiger partial charge < -0.3 is 10.6 Å². The number of benzene rings is 1. The number of aryl methyl sites for hydroxylation is 2. The van der Waals surface area contributed by atoms with E-state index in [1.54, 1.807) is 17.5 Å². The van der Waals surface area contributed by atoms with Gasteiger partial charge >= 0.3 is 0 Å². The van der Waals surface area contributed by atoms with Crippen LogP contribution in [-0.4, -0.2) is 38.9 Å². The summed E-state index contributed by atoms with van der Waals surface area (Å²) >= 11 is 1.60. The van der Waals surface area contributed by atoms with Gasteiger partial charge in [0.1, 0.15) is 17.0 Å². The molecule has 1 amide bonds. The van der Waals surface area contributed by atoms with Crippen LogP contribution in [0.3, 0.4) is 0 Å². The Balaban J connectivity index is 1.30. The summed E-state index contributed by atoms with van der Waals surface area (Å²) in [5, 5.41) is 10.4. The van der Waals surface area contributed by atoms with Crippen LogP contribution in [0.15, 0.2) is 36.7 Å². The number of carbonyl (C=O) groups excluding carboxylic acids is 1. The van der Waals surface area contributed by atoms with Crippen molar-refractivity contribution in [1.82, 2.24) is 24.7 Å². The van der Waals surface area contributed by atoms with E-state index in [0.717, 1.165) is 66.3 Å². The van der Waals surface area contributed by atoms with Crippen molar-refractivity contribution >= 4 is 33.7 Å². The Morgan fingerprint density at radius 2 is 2.00 bits per heavy atom. The molecule has 4 heterocycles. The number of hydrogen-bond donors (Lipinski definition) is 3. The van der Waals surface area contributed by atoms with Gasteiger partial charge in [-0.15, -0.1) is 11.3 Å². The van der Waals surface area contributed by atoms with Crippen LogP contribution in [0.25, 0.3) is 16.8 Å². The molecule has 1 aliphatic heterocycles. The summed E-state index contributed by atoms with van der Waals surface area (Å²) in [6.45, 7) is 1.00. The summed E-state index contributed by atoms with van der Waals surface area (Å²) in [5.41, 5.74) is 4.51. The molecule has 8 nitrogen and oxygen atoms in total. The molecule has 1 aromatic carbocycles. The van der Waals surface area contributed by atoms with Gasteiger partial charge in [0.25, 0.3) is 5.91 Å². The molecule has 1 atom stereocenters. The van der Waals surface area contributed by atoms with Crippen LogP contribution in [0.2, 0.25) is 0 Å². The number of nitrogens with one attached hydrogen (secondary N) is 3. The largest absolute Gasteiger partial charge is 0.371 e. The third kappa shape index (κ3) is 3.74. The van der Waals surface area contributed by atoms with E-state index >= 15 is 0 Å². The second-order valence-electron chi connectivity index (χ2n) is 8.84. The Morgan fingerprint density at radius 3 is 2.76 bits per heavy atom. The van der Waals surface area contributed by atoms with Gasteiger partial charge in [-0.3, -0.25) is 14.5 Å². The Kier molecular flexibility index (Phi) is 5.50. The first-order chi connectivity index (χ1) is 16.7. The third-order valence-electron chi connectivity index (χ3n) is 6.68. The normalized spacial score (nSPS) is 17.6. The zero-order chi connectivity index (χ0) is 23.1. The van der Waals surface area contributed by atoms with Crippen LogP contribution in [0, 0.1) is 0 Å². The molecular formula is C25H27N7OS. The number of nitrogens with zero attached hydrogens (tertiary/aromatic N) is 4. The maximum atomic E-state index is 12.9. The van der Waals surface area contributed by atoms with E-state index in [-0.39, 0.29) is 11.9 Å². The van der Waals surface area contributed by atoms with E-state index in [1.165, 1.54) is 17.7 Å². The molecule has 1 aliphatic carbocycles. The molecule has 1 fully saturated rings. The molecule has 9 heteroatoms. The van der Waals surface area contributed by atoms with Gasteiger partial charge in [-0.05, 0) is 57.2 Å².